The smallest absolute Gasteiger partial charge is 0.349 e. The van der Waals surface area contributed by atoms with E-state index in [0.717, 1.165) is 0 Å². The molecular formula is C18H16ClN3O5. The molecule has 0 spiro atoms. The number of nitro groups is 1. The topological polar surface area (TPSA) is 96.5 Å². The first-order valence-corrected chi connectivity index (χ1v) is 8.55. The maximum Gasteiger partial charge on any atom is 0.349 e. The highest BCUT2D eigenvalue weighted by atomic mass is 35.5. The number of halogens is 1. The number of nitro benzene ring substituents is 1. The molecule has 0 saturated carbocycles. The molecule has 0 radical (unpaired) electrons. The highest BCUT2D eigenvalue weighted by molar-refractivity contribution is 6.30. The average Bonchev–Trinajstić information content (AvgIpc) is 3.00. The molecule has 0 fully saturated rings. The molecule has 8 nitrogen and oxygen atoms in total. The number of hydrogen-bond acceptors (Lipinski definition) is 6. The van der Waals surface area contributed by atoms with Gasteiger partial charge in [0.05, 0.1) is 17.0 Å². The quantitative estimate of drug-likeness (QED) is 0.362. The summed E-state index contributed by atoms with van der Waals surface area (Å²) in [4.78, 5) is 32.8. The van der Waals surface area contributed by atoms with E-state index in [-0.39, 0.29) is 12.3 Å². The molecule has 0 unspecified atom stereocenters. The number of nitrogens with zero attached hydrogens (tertiary/aromatic N) is 3. The van der Waals surface area contributed by atoms with Crippen LogP contribution in [-0.4, -0.2) is 33.3 Å². The number of rotatable bonds is 6. The largest absolute Gasteiger partial charge is 0.463 e. The molecule has 2 aromatic carbocycles. The Morgan fingerprint density at radius 2 is 2.00 bits per heavy atom. The van der Waals surface area contributed by atoms with Crippen LogP contribution in [0, 0.1) is 10.1 Å². The Labute approximate surface area is 159 Å². The Hall–Kier alpha value is -3.13. The average molecular weight is 390 g/mol. The molecule has 0 bridgehead atoms. The Balaban J connectivity index is 2.14. The van der Waals surface area contributed by atoms with Gasteiger partial charge in [-0.3, -0.25) is 10.1 Å². The molecule has 0 aliphatic carbocycles. The predicted molar refractivity (Wildman–Crippen MR) is 99.5 cm³/mol. The molecule has 1 atom stereocenters. The summed E-state index contributed by atoms with van der Waals surface area (Å²) in [5.74, 6) is -0.162. The lowest BCUT2D eigenvalue weighted by atomic mass is 10.2. The molecule has 3 rings (SSSR count). The van der Waals surface area contributed by atoms with Crippen molar-refractivity contribution in [1.29, 1.82) is 0 Å². The third-order valence-electron chi connectivity index (χ3n) is 3.79. The van der Waals surface area contributed by atoms with E-state index in [2.05, 4.69) is 4.98 Å². The van der Waals surface area contributed by atoms with Crippen molar-refractivity contribution < 1.29 is 19.3 Å². The summed E-state index contributed by atoms with van der Waals surface area (Å²) in [6.45, 7) is 3.44. The van der Waals surface area contributed by atoms with E-state index in [1.807, 2.05) is 0 Å². The summed E-state index contributed by atoms with van der Waals surface area (Å²) in [6, 6.07) is 11.1. The van der Waals surface area contributed by atoms with Crippen molar-refractivity contribution in [2.45, 2.75) is 20.0 Å². The van der Waals surface area contributed by atoms with Crippen LogP contribution >= 0.6 is 11.6 Å². The molecule has 27 heavy (non-hydrogen) atoms. The van der Waals surface area contributed by atoms with Gasteiger partial charge in [0.25, 0.3) is 5.69 Å². The van der Waals surface area contributed by atoms with Crippen LogP contribution in [0.4, 0.5) is 5.69 Å². The lowest BCUT2D eigenvalue weighted by Crippen LogP contribution is -2.32. The van der Waals surface area contributed by atoms with E-state index >= 15 is 0 Å². The first kappa shape index (κ1) is 18.7. The Morgan fingerprint density at radius 3 is 2.63 bits per heavy atom. The number of non-ortho nitro benzene ring substituents is 1. The highest BCUT2D eigenvalue weighted by Gasteiger charge is 2.22. The van der Waals surface area contributed by atoms with E-state index < -0.39 is 17.0 Å². The lowest BCUT2D eigenvalue weighted by molar-refractivity contribution is -0.384. The molecule has 1 heterocycles. The van der Waals surface area contributed by atoms with Gasteiger partial charge >= 0.3 is 5.97 Å². The monoisotopic (exact) mass is 389 g/mol. The van der Waals surface area contributed by atoms with Gasteiger partial charge in [-0.15, -0.1) is 0 Å². The number of benzene rings is 2. The Kier molecular flexibility index (Phi) is 5.27. The van der Waals surface area contributed by atoms with Crippen LogP contribution in [0.3, 0.4) is 0 Å². The number of carbonyl (C=O) groups excluding carboxylic acids is 1. The summed E-state index contributed by atoms with van der Waals surface area (Å²) in [5, 5.41) is 11.7. The van der Waals surface area contributed by atoms with Crippen molar-refractivity contribution >= 4 is 34.3 Å². The van der Waals surface area contributed by atoms with Gasteiger partial charge in [0.2, 0.25) is 6.10 Å². The summed E-state index contributed by atoms with van der Waals surface area (Å²) >= 11 is 5.94. The molecule has 1 aromatic heterocycles. The fourth-order valence-electron chi connectivity index (χ4n) is 2.50. The van der Waals surface area contributed by atoms with E-state index in [9.17, 15) is 14.9 Å². The van der Waals surface area contributed by atoms with Gasteiger partial charge in [-0.05, 0) is 44.2 Å². The van der Waals surface area contributed by atoms with Gasteiger partial charge in [-0.25, -0.2) is 9.78 Å². The van der Waals surface area contributed by atoms with Gasteiger partial charge < -0.3 is 9.57 Å². The van der Waals surface area contributed by atoms with Crippen molar-refractivity contribution in [3.8, 4) is 11.4 Å². The SMILES string of the molecule is CCOC(=O)[C@H](C)On1c(-c2ccc(Cl)cc2)nc2ccc([N+](=O)[O-])cc21. The summed E-state index contributed by atoms with van der Waals surface area (Å²) in [6.07, 6.45) is -0.937. The minimum atomic E-state index is -0.937. The fourth-order valence-corrected chi connectivity index (χ4v) is 2.63. The molecule has 0 saturated heterocycles. The van der Waals surface area contributed by atoms with E-state index in [4.69, 9.17) is 21.2 Å². The van der Waals surface area contributed by atoms with E-state index in [1.165, 1.54) is 29.9 Å². The molecule has 3 aromatic rings. The third-order valence-corrected chi connectivity index (χ3v) is 4.04. The number of imidazole rings is 1. The molecular weight excluding hydrogens is 374 g/mol. The standard InChI is InChI=1S/C18H16ClN3O5/c1-3-26-18(23)11(2)27-21-16-10-14(22(24)25)8-9-15(16)20-17(21)12-4-6-13(19)7-5-12/h4-11H,3H2,1-2H3/t11-/m0/s1. The molecule has 0 amide bonds. The van der Waals surface area contributed by atoms with Gasteiger partial charge in [0.15, 0.2) is 5.82 Å². The van der Waals surface area contributed by atoms with Crippen LogP contribution < -0.4 is 4.84 Å². The lowest BCUT2D eigenvalue weighted by Gasteiger charge is -2.16. The van der Waals surface area contributed by atoms with Crippen molar-refractivity contribution in [2.24, 2.45) is 0 Å². The first-order valence-electron chi connectivity index (χ1n) is 8.17. The van der Waals surface area contributed by atoms with Crippen LogP contribution in [-0.2, 0) is 9.53 Å². The zero-order chi connectivity index (χ0) is 19.6. The van der Waals surface area contributed by atoms with Crippen LogP contribution in [0.5, 0.6) is 0 Å². The minimum Gasteiger partial charge on any atom is -0.463 e. The fraction of sp³-hybridized carbons (Fsp3) is 0.222. The number of carbonyl (C=O) groups is 1. The van der Waals surface area contributed by atoms with Crippen molar-refractivity contribution in [3.05, 3.63) is 57.6 Å². The molecule has 0 N–H and O–H groups in total. The number of aromatic nitrogens is 2. The second kappa shape index (κ2) is 7.63. The van der Waals surface area contributed by atoms with Crippen LogP contribution in [0.2, 0.25) is 5.02 Å². The third kappa shape index (κ3) is 3.85. The summed E-state index contributed by atoms with van der Waals surface area (Å²) < 4.78 is 6.28. The number of esters is 1. The van der Waals surface area contributed by atoms with Crippen molar-refractivity contribution in [1.82, 2.24) is 9.71 Å². The number of fused-ring (bicyclic) bond motifs is 1. The Morgan fingerprint density at radius 1 is 1.30 bits per heavy atom. The van der Waals surface area contributed by atoms with Crippen molar-refractivity contribution in [3.63, 3.8) is 0 Å². The van der Waals surface area contributed by atoms with Crippen molar-refractivity contribution in [2.75, 3.05) is 6.61 Å². The zero-order valence-electron chi connectivity index (χ0n) is 14.6. The van der Waals surface area contributed by atoms with Crippen LogP contribution in [0.25, 0.3) is 22.4 Å². The number of hydrogen-bond donors (Lipinski definition) is 0. The van der Waals surface area contributed by atoms with Gasteiger partial charge in [-0.1, -0.05) is 11.6 Å². The molecule has 9 heteroatoms. The normalized spacial score (nSPS) is 12.0. The molecule has 0 aliphatic heterocycles. The second-order valence-corrected chi connectivity index (χ2v) is 6.10. The second-order valence-electron chi connectivity index (χ2n) is 5.67. The van der Waals surface area contributed by atoms with Gasteiger partial charge in [0.1, 0.15) is 5.52 Å². The minimum absolute atomic E-state index is 0.112. The van der Waals surface area contributed by atoms with Crippen LogP contribution in [0.15, 0.2) is 42.5 Å². The van der Waals surface area contributed by atoms with E-state index in [1.54, 1.807) is 31.2 Å². The van der Waals surface area contributed by atoms with Gasteiger partial charge in [-0.2, -0.15) is 4.73 Å². The predicted octanol–water partition coefficient (Wildman–Crippen LogP) is 3.65. The summed E-state index contributed by atoms with van der Waals surface area (Å²) in [5.41, 5.74) is 1.42. The van der Waals surface area contributed by atoms with Gasteiger partial charge in [0, 0.05) is 22.7 Å². The molecule has 0 aliphatic rings. The maximum atomic E-state index is 12.0. The zero-order valence-corrected chi connectivity index (χ0v) is 15.3. The number of ether oxygens (including phenoxy) is 1. The highest BCUT2D eigenvalue weighted by Crippen LogP contribution is 2.28. The summed E-state index contributed by atoms with van der Waals surface area (Å²) in [7, 11) is 0. The molecule has 140 valence electrons. The first-order chi connectivity index (χ1) is 12.9. The Bertz CT molecular complexity index is 1000. The van der Waals surface area contributed by atoms with Crippen LogP contribution in [0.1, 0.15) is 13.8 Å². The van der Waals surface area contributed by atoms with E-state index in [0.29, 0.717) is 27.4 Å². The maximum absolute atomic E-state index is 12.0.